The normalized spacial score (nSPS) is 9.61. The molecular formula is C25H26N4O4. The van der Waals surface area contributed by atoms with Crippen LogP contribution in [0.4, 0.5) is 0 Å². The summed E-state index contributed by atoms with van der Waals surface area (Å²) >= 11 is 0. The van der Waals surface area contributed by atoms with Crippen LogP contribution in [0.5, 0.6) is 11.5 Å². The minimum Gasteiger partial charge on any atom is -0.487 e. The molecule has 0 saturated carbocycles. The van der Waals surface area contributed by atoms with E-state index < -0.39 is 0 Å². The molecule has 8 heteroatoms. The largest absolute Gasteiger partial charge is 0.487 e. The molecule has 1 N–H and O–H groups in total. The highest BCUT2D eigenvalue weighted by atomic mass is 16.5. The van der Waals surface area contributed by atoms with Gasteiger partial charge in [-0.3, -0.25) is 24.7 Å². The number of aldehydes is 1. The van der Waals surface area contributed by atoms with Crippen LogP contribution in [0.25, 0.3) is 0 Å². The van der Waals surface area contributed by atoms with E-state index >= 15 is 0 Å². The molecular weight excluding hydrogens is 420 g/mol. The number of carbonyl (C=O) groups is 1. The molecule has 0 unspecified atom stereocenters. The highest BCUT2D eigenvalue weighted by molar-refractivity contribution is 5.78. The maximum atomic E-state index is 10.7. The molecule has 0 radical (unpaired) electrons. The first-order valence-electron chi connectivity index (χ1n) is 9.76. The van der Waals surface area contributed by atoms with E-state index in [0.717, 1.165) is 23.0 Å². The molecule has 0 aromatic carbocycles. The summed E-state index contributed by atoms with van der Waals surface area (Å²) in [6.45, 7) is 0.748. The summed E-state index contributed by atoms with van der Waals surface area (Å²) in [5, 5.41) is 9.10. The first-order valence-corrected chi connectivity index (χ1v) is 9.76. The fraction of sp³-hybridized carbons (Fsp3) is 0.160. The molecule has 0 spiro atoms. The molecule has 0 bridgehead atoms. The summed E-state index contributed by atoms with van der Waals surface area (Å²) in [4.78, 5) is 26.5. The number of aliphatic hydroxyl groups is 1. The Morgan fingerprint density at radius 3 is 1.82 bits per heavy atom. The molecule has 0 saturated heterocycles. The van der Waals surface area contributed by atoms with Crippen molar-refractivity contribution in [1.82, 2.24) is 19.9 Å². The Morgan fingerprint density at radius 2 is 1.27 bits per heavy atom. The van der Waals surface area contributed by atoms with Crippen LogP contribution < -0.4 is 9.47 Å². The van der Waals surface area contributed by atoms with Crippen molar-refractivity contribution in [2.45, 2.75) is 27.2 Å². The molecule has 0 aliphatic rings. The van der Waals surface area contributed by atoms with E-state index in [0.29, 0.717) is 30.3 Å². The van der Waals surface area contributed by atoms with Gasteiger partial charge in [0.15, 0.2) is 6.29 Å². The summed E-state index contributed by atoms with van der Waals surface area (Å²) < 4.78 is 11.0. The van der Waals surface area contributed by atoms with Crippen LogP contribution in [-0.4, -0.2) is 31.3 Å². The molecule has 0 aliphatic carbocycles. The van der Waals surface area contributed by atoms with E-state index in [1.807, 2.05) is 24.3 Å². The minimum absolute atomic E-state index is 0. The van der Waals surface area contributed by atoms with Gasteiger partial charge in [-0.2, -0.15) is 0 Å². The number of carbonyl (C=O) groups excluding carboxylic acids is 1. The highest BCUT2D eigenvalue weighted by Crippen LogP contribution is 2.17. The maximum absolute atomic E-state index is 10.7. The molecule has 0 fully saturated rings. The molecule has 0 aliphatic heterocycles. The average Bonchev–Trinajstić information content (AvgIpc) is 2.88. The molecule has 0 amide bonds. The lowest BCUT2D eigenvalue weighted by atomic mass is 10.2. The van der Waals surface area contributed by atoms with Crippen molar-refractivity contribution in [3.63, 3.8) is 0 Å². The van der Waals surface area contributed by atoms with Gasteiger partial charge in [-0.05, 0) is 24.3 Å². The fourth-order valence-corrected chi connectivity index (χ4v) is 2.57. The molecule has 4 heterocycles. The standard InChI is InChI=1S/C12H12N2O2.C12H10N2O2.CH4/c2*15-8-11-3-5-14-7-12(11)16-9-10-2-1-4-13-6-10;/h1-7,15H,8-9H2;1-8H,9H2;1H4. The molecule has 4 rings (SSSR count). The molecule has 170 valence electrons. The lowest BCUT2D eigenvalue weighted by molar-refractivity contribution is 0.111. The molecule has 0 atom stereocenters. The van der Waals surface area contributed by atoms with Crippen LogP contribution in [0.15, 0.2) is 86.0 Å². The van der Waals surface area contributed by atoms with Gasteiger partial charge in [-0.1, -0.05) is 19.6 Å². The summed E-state index contributed by atoms with van der Waals surface area (Å²) in [6, 6.07) is 10.9. The van der Waals surface area contributed by atoms with E-state index in [4.69, 9.17) is 14.6 Å². The number of hydrogen-bond donors (Lipinski definition) is 1. The summed E-state index contributed by atoms with van der Waals surface area (Å²) in [7, 11) is 0. The monoisotopic (exact) mass is 446 g/mol. The fourth-order valence-electron chi connectivity index (χ4n) is 2.57. The summed E-state index contributed by atoms with van der Waals surface area (Å²) in [5.74, 6) is 1.09. The first kappa shape index (κ1) is 25.1. The van der Waals surface area contributed by atoms with Gasteiger partial charge < -0.3 is 14.6 Å². The Balaban J connectivity index is 0.000000227. The SMILES string of the molecule is C.O=Cc1ccncc1OCc1cccnc1.OCc1ccncc1OCc1cccnc1. The van der Waals surface area contributed by atoms with Crippen LogP contribution in [0.3, 0.4) is 0 Å². The van der Waals surface area contributed by atoms with Crippen molar-refractivity contribution >= 4 is 6.29 Å². The Hall–Kier alpha value is -4.17. The van der Waals surface area contributed by atoms with Gasteiger partial charge in [0.1, 0.15) is 24.7 Å². The number of hydrogen-bond acceptors (Lipinski definition) is 8. The van der Waals surface area contributed by atoms with Crippen LogP contribution in [0.1, 0.15) is 34.5 Å². The lowest BCUT2D eigenvalue weighted by Gasteiger charge is -2.08. The van der Waals surface area contributed by atoms with Crippen molar-refractivity contribution in [2.24, 2.45) is 0 Å². The van der Waals surface area contributed by atoms with Gasteiger partial charge in [0, 0.05) is 53.9 Å². The molecule has 33 heavy (non-hydrogen) atoms. The first-order chi connectivity index (χ1) is 15.8. The second kappa shape index (κ2) is 14.0. The number of aromatic nitrogens is 4. The predicted octanol–water partition coefficient (Wildman–Crippen LogP) is 4.05. The lowest BCUT2D eigenvalue weighted by Crippen LogP contribution is -1.99. The maximum Gasteiger partial charge on any atom is 0.153 e. The molecule has 8 nitrogen and oxygen atoms in total. The van der Waals surface area contributed by atoms with E-state index in [1.165, 1.54) is 6.20 Å². The summed E-state index contributed by atoms with van der Waals surface area (Å²) in [5.41, 5.74) is 3.16. The van der Waals surface area contributed by atoms with Crippen molar-refractivity contribution in [3.8, 4) is 11.5 Å². The van der Waals surface area contributed by atoms with Crippen LogP contribution in [-0.2, 0) is 19.8 Å². The van der Waals surface area contributed by atoms with Gasteiger partial charge in [0.2, 0.25) is 0 Å². The highest BCUT2D eigenvalue weighted by Gasteiger charge is 2.03. The molecule has 4 aromatic heterocycles. The summed E-state index contributed by atoms with van der Waals surface area (Å²) in [6.07, 6.45) is 13.9. The average molecular weight is 447 g/mol. The van der Waals surface area contributed by atoms with Crippen LogP contribution in [0.2, 0.25) is 0 Å². The Morgan fingerprint density at radius 1 is 0.727 bits per heavy atom. The van der Waals surface area contributed by atoms with Crippen molar-refractivity contribution in [3.05, 3.63) is 108 Å². The zero-order valence-electron chi connectivity index (χ0n) is 17.2. The third-order valence-corrected chi connectivity index (χ3v) is 4.22. The van der Waals surface area contributed by atoms with Crippen molar-refractivity contribution < 1.29 is 19.4 Å². The van der Waals surface area contributed by atoms with Gasteiger partial charge in [0.25, 0.3) is 0 Å². The quantitative estimate of drug-likeness (QED) is 0.404. The topological polar surface area (TPSA) is 107 Å². The third kappa shape index (κ3) is 8.12. The van der Waals surface area contributed by atoms with Crippen molar-refractivity contribution in [1.29, 1.82) is 0 Å². The van der Waals surface area contributed by atoms with Gasteiger partial charge in [0.05, 0.1) is 24.6 Å². The Kier molecular flexibility index (Phi) is 10.6. The van der Waals surface area contributed by atoms with Crippen molar-refractivity contribution in [2.75, 3.05) is 0 Å². The van der Waals surface area contributed by atoms with Gasteiger partial charge in [-0.25, -0.2) is 0 Å². The predicted molar refractivity (Wildman–Crippen MR) is 124 cm³/mol. The Labute approximate surface area is 193 Å². The minimum atomic E-state index is -0.0507. The third-order valence-electron chi connectivity index (χ3n) is 4.22. The smallest absolute Gasteiger partial charge is 0.153 e. The number of aliphatic hydroxyl groups excluding tert-OH is 1. The second-order valence-electron chi connectivity index (χ2n) is 6.47. The van der Waals surface area contributed by atoms with Gasteiger partial charge in [-0.15, -0.1) is 0 Å². The second-order valence-corrected chi connectivity index (χ2v) is 6.47. The Bertz CT molecular complexity index is 1100. The number of rotatable bonds is 8. The van der Waals surface area contributed by atoms with Crippen LogP contribution >= 0.6 is 0 Å². The molecule has 4 aromatic rings. The zero-order valence-corrected chi connectivity index (χ0v) is 17.2. The van der Waals surface area contributed by atoms with E-state index in [9.17, 15) is 4.79 Å². The number of nitrogens with zero attached hydrogens (tertiary/aromatic N) is 4. The van der Waals surface area contributed by atoms with E-state index in [2.05, 4.69) is 19.9 Å². The zero-order chi connectivity index (χ0) is 22.4. The van der Waals surface area contributed by atoms with E-state index in [-0.39, 0.29) is 14.0 Å². The number of pyridine rings is 4. The van der Waals surface area contributed by atoms with Crippen LogP contribution in [0, 0.1) is 0 Å². The van der Waals surface area contributed by atoms with E-state index in [1.54, 1.807) is 55.5 Å². The van der Waals surface area contributed by atoms with Gasteiger partial charge >= 0.3 is 0 Å². The number of ether oxygens (including phenoxy) is 2.